The highest BCUT2D eigenvalue weighted by Gasteiger charge is 2.38. The molecule has 1 saturated heterocycles. The van der Waals surface area contributed by atoms with Crippen LogP contribution in [0.4, 0.5) is 4.39 Å². The molecule has 0 amide bonds. The van der Waals surface area contributed by atoms with E-state index in [2.05, 4.69) is 4.98 Å². The molecule has 0 unspecified atom stereocenters. The molecule has 2 heterocycles. The first-order valence-corrected chi connectivity index (χ1v) is 8.60. The Hall–Kier alpha value is -1.79. The molecule has 0 bridgehead atoms. The maximum absolute atomic E-state index is 13.0. The summed E-state index contributed by atoms with van der Waals surface area (Å²) in [4.78, 5) is 4.10. The summed E-state index contributed by atoms with van der Waals surface area (Å²) in [5.74, 6) is -0.198. The van der Waals surface area contributed by atoms with E-state index in [0.29, 0.717) is 6.54 Å². The number of nitrogens with zero attached hydrogens (tertiary/aromatic N) is 2. The van der Waals surface area contributed by atoms with Crippen molar-refractivity contribution in [2.75, 3.05) is 6.54 Å². The summed E-state index contributed by atoms with van der Waals surface area (Å²) in [6, 6.07) is 9.36. The summed E-state index contributed by atoms with van der Waals surface area (Å²) in [6.45, 7) is 2.31. The Morgan fingerprint density at radius 1 is 1.23 bits per heavy atom. The Balaban J connectivity index is 1.86. The van der Waals surface area contributed by atoms with E-state index in [4.69, 9.17) is 0 Å². The van der Waals surface area contributed by atoms with Crippen molar-refractivity contribution < 1.29 is 12.8 Å². The van der Waals surface area contributed by atoms with Crippen LogP contribution >= 0.6 is 0 Å². The van der Waals surface area contributed by atoms with Crippen LogP contribution in [0.15, 0.2) is 53.7 Å². The largest absolute Gasteiger partial charge is 0.263 e. The number of benzene rings is 1. The van der Waals surface area contributed by atoms with Gasteiger partial charge in [-0.05, 0) is 49.1 Å². The lowest BCUT2D eigenvalue weighted by atomic mass is 9.97. The van der Waals surface area contributed by atoms with Gasteiger partial charge in [0.2, 0.25) is 10.0 Å². The van der Waals surface area contributed by atoms with Gasteiger partial charge < -0.3 is 0 Å². The standard InChI is InChI=1S/C16H17FN2O2S/c1-12-9-14(13-4-6-15(17)7-5-13)11-19(12)22(20,21)16-3-2-8-18-10-16/h2-8,10,12,14H,9,11H2,1H3/t12-,14+/m1/s1. The van der Waals surface area contributed by atoms with Gasteiger partial charge in [-0.15, -0.1) is 0 Å². The number of rotatable bonds is 3. The van der Waals surface area contributed by atoms with Gasteiger partial charge in [0.1, 0.15) is 10.7 Å². The Bertz CT molecular complexity index is 747. The molecule has 0 aliphatic carbocycles. The Labute approximate surface area is 129 Å². The maximum atomic E-state index is 13.0. The highest BCUT2D eigenvalue weighted by molar-refractivity contribution is 7.89. The molecule has 1 fully saturated rings. The van der Waals surface area contributed by atoms with Crippen LogP contribution in [0.2, 0.25) is 0 Å². The summed E-state index contributed by atoms with van der Waals surface area (Å²) < 4.78 is 39.9. The second-order valence-corrected chi connectivity index (χ2v) is 7.49. The first-order chi connectivity index (χ1) is 10.5. The van der Waals surface area contributed by atoms with Crippen LogP contribution in [0.3, 0.4) is 0 Å². The van der Waals surface area contributed by atoms with Crippen molar-refractivity contribution in [2.24, 2.45) is 0 Å². The van der Waals surface area contributed by atoms with Gasteiger partial charge in [0.25, 0.3) is 0 Å². The predicted octanol–water partition coefficient (Wildman–Crippen LogP) is 2.79. The summed E-state index contributed by atoms with van der Waals surface area (Å²) in [5, 5.41) is 0. The van der Waals surface area contributed by atoms with E-state index >= 15 is 0 Å². The smallest absolute Gasteiger partial charge is 0.244 e. The maximum Gasteiger partial charge on any atom is 0.244 e. The Kier molecular flexibility index (Phi) is 3.97. The molecule has 6 heteroatoms. The third kappa shape index (κ3) is 2.76. The number of sulfonamides is 1. The monoisotopic (exact) mass is 320 g/mol. The second kappa shape index (κ2) is 5.78. The molecule has 0 radical (unpaired) electrons. The fraction of sp³-hybridized carbons (Fsp3) is 0.312. The number of halogens is 1. The molecule has 22 heavy (non-hydrogen) atoms. The van der Waals surface area contributed by atoms with Crippen molar-refractivity contribution in [1.82, 2.24) is 9.29 Å². The van der Waals surface area contributed by atoms with Crippen LogP contribution in [0.1, 0.15) is 24.8 Å². The van der Waals surface area contributed by atoms with Crippen molar-refractivity contribution in [2.45, 2.75) is 30.2 Å². The van der Waals surface area contributed by atoms with Gasteiger partial charge in [-0.25, -0.2) is 12.8 Å². The Morgan fingerprint density at radius 2 is 1.95 bits per heavy atom. The van der Waals surface area contributed by atoms with Gasteiger partial charge in [0.15, 0.2) is 0 Å². The molecule has 0 N–H and O–H groups in total. The molecule has 2 aromatic rings. The zero-order valence-electron chi connectivity index (χ0n) is 12.2. The van der Waals surface area contributed by atoms with Gasteiger partial charge in [-0.2, -0.15) is 4.31 Å². The average Bonchev–Trinajstić information content (AvgIpc) is 2.91. The fourth-order valence-electron chi connectivity index (χ4n) is 2.95. The zero-order chi connectivity index (χ0) is 15.7. The number of hydrogen-bond donors (Lipinski definition) is 0. The molecule has 116 valence electrons. The van der Waals surface area contributed by atoms with Crippen LogP contribution in [0.25, 0.3) is 0 Å². The number of hydrogen-bond acceptors (Lipinski definition) is 3. The third-order valence-corrected chi connectivity index (χ3v) is 6.06. The average molecular weight is 320 g/mol. The van der Waals surface area contributed by atoms with Crippen LogP contribution in [0.5, 0.6) is 0 Å². The van der Waals surface area contributed by atoms with E-state index in [1.807, 2.05) is 6.92 Å². The second-order valence-electron chi connectivity index (χ2n) is 5.60. The van der Waals surface area contributed by atoms with E-state index in [1.165, 1.54) is 22.6 Å². The SMILES string of the molecule is C[C@@H]1C[C@H](c2ccc(F)cc2)CN1S(=O)(=O)c1cccnc1. The normalized spacial score (nSPS) is 22.8. The minimum absolute atomic E-state index is 0.0852. The Morgan fingerprint density at radius 3 is 2.59 bits per heavy atom. The van der Waals surface area contributed by atoms with E-state index < -0.39 is 10.0 Å². The lowest BCUT2D eigenvalue weighted by molar-refractivity contribution is 0.407. The lowest BCUT2D eigenvalue weighted by Crippen LogP contribution is -2.34. The van der Waals surface area contributed by atoms with Crippen molar-refractivity contribution in [3.05, 3.63) is 60.2 Å². The third-order valence-electron chi connectivity index (χ3n) is 4.10. The molecule has 2 atom stereocenters. The molecule has 4 nitrogen and oxygen atoms in total. The van der Waals surface area contributed by atoms with Gasteiger partial charge in [0, 0.05) is 25.0 Å². The van der Waals surface area contributed by atoms with Crippen molar-refractivity contribution in [1.29, 1.82) is 0 Å². The minimum atomic E-state index is -3.54. The first-order valence-electron chi connectivity index (χ1n) is 7.16. The molecular formula is C16H17FN2O2S. The number of pyridine rings is 1. The molecule has 0 saturated carbocycles. The summed E-state index contributed by atoms with van der Waals surface area (Å²) in [6.07, 6.45) is 3.64. The van der Waals surface area contributed by atoms with E-state index in [9.17, 15) is 12.8 Å². The lowest BCUT2D eigenvalue weighted by Gasteiger charge is -2.20. The van der Waals surface area contributed by atoms with E-state index in [1.54, 1.807) is 30.5 Å². The van der Waals surface area contributed by atoms with Crippen LogP contribution in [-0.4, -0.2) is 30.3 Å². The van der Waals surface area contributed by atoms with E-state index in [0.717, 1.165) is 12.0 Å². The van der Waals surface area contributed by atoms with Crippen LogP contribution in [-0.2, 0) is 10.0 Å². The van der Waals surface area contributed by atoms with Gasteiger partial charge in [-0.3, -0.25) is 4.98 Å². The van der Waals surface area contributed by atoms with Gasteiger partial charge >= 0.3 is 0 Å². The van der Waals surface area contributed by atoms with Gasteiger partial charge in [-0.1, -0.05) is 12.1 Å². The number of aromatic nitrogens is 1. The van der Waals surface area contributed by atoms with Crippen molar-refractivity contribution in [3.8, 4) is 0 Å². The summed E-state index contributed by atoms with van der Waals surface area (Å²) in [5.41, 5.74) is 0.970. The predicted molar refractivity (Wildman–Crippen MR) is 81.3 cm³/mol. The quantitative estimate of drug-likeness (QED) is 0.874. The highest BCUT2D eigenvalue weighted by atomic mass is 32.2. The molecule has 1 aliphatic rings. The molecular weight excluding hydrogens is 303 g/mol. The topological polar surface area (TPSA) is 50.3 Å². The van der Waals surface area contributed by atoms with Crippen LogP contribution in [0, 0.1) is 5.82 Å². The van der Waals surface area contributed by atoms with Crippen molar-refractivity contribution >= 4 is 10.0 Å². The van der Waals surface area contributed by atoms with Gasteiger partial charge in [0.05, 0.1) is 0 Å². The molecule has 3 rings (SSSR count). The molecule has 1 aromatic heterocycles. The highest BCUT2D eigenvalue weighted by Crippen LogP contribution is 2.35. The molecule has 1 aromatic carbocycles. The molecule has 0 spiro atoms. The fourth-order valence-corrected chi connectivity index (χ4v) is 4.60. The zero-order valence-corrected chi connectivity index (χ0v) is 13.0. The summed E-state index contributed by atoms with van der Waals surface area (Å²) >= 11 is 0. The van der Waals surface area contributed by atoms with Crippen LogP contribution < -0.4 is 0 Å². The molecule has 1 aliphatic heterocycles. The minimum Gasteiger partial charge on any atom is -0.263 e. The van der Waals surface area contributed by atoms with Crippen molar-refractivity contribution in [3.63, 3.8) is 0 Å². The van der Waals surface area contributed by atoms with E-state index in [-0.39, 0.29) is 22.7 Å². The first kappa shape index (κ1) is 15.1. The summed E-state index contributed by atoms with van der Waals surface area (Å²) in [7, 11) is -3.54.